The van der Waals surface area contributed by atoms with Crippen LogP contribution in [-0.2, 0) is 21.2 Å². The number of hydrogen-bond acceptors (Lipinski definition) is 7. The molecule has 4 aromatic rings. The van der Waals surface area contributed by atoms with Crippen LogP contribution in [0, 0.1) is 6.92 Å². The van der Waals surface area contributed by atoms with Crippen LogP contribution in [0.15, 0.2) is 77.3 Å². The van der Waals surface area contributed by atoms with Gasteiger partial charge in [0.05, 0.1) is 24.1 Å². The van der Waals surface area contributed by atoms with E-state index < -0.39 is 10.0 Å². The number of aryl methyl sites for hydroxylation is 1. The van der Waals surface area contributed by atoms with Crippen LogP contribution in [0.1, 0.15) is 11.3 Å². The number of rotatable bonds is 8. The molecule has 2 N–H and O–H groups in total. The van der Waals surface area contributed by atoms with Crippen molar-refractivity contribution in [2.24, 2.45) is 0 Å². The molecule has 34 heavy (non-hydrogen) atoms. The zero-order valence-corrected chi connectivity index (χ0v) is 20.1. The Morgan fingerprint density at radius 1 is 1.09 bits per heavy atom. The summed E-state index contributed by atoms with van der Waals surface area (Å²) in [5, 5.41) is 5.37. The van der Waals surface area contributed by atoms with Gasteiger partial charge in [0, 0.05) is 34.7 Å². The number of ether oxygens (including phenoxy) is 1. The largest absolute Gasteiger partial charge is 0.497 e. The van der Waals surface area contributed by atoms with Crippen molar-refractivity contribution < 1.29 is 17.9 Å². The number of pyridine rings is 1. The summed E-state index contributed by atoms with van der Waals surface area (Å²) in [6.45, 7) is 1.70. The van der Waals surface area contributed by atoms with E-state index in [2.05, 4.69) is 20.0 Å². The molecule has 0 aliphatic heterocycles. The molecular weight excluding hydrogens is 472 g/mol. The fourth-order valence-corrected chi connectivity index (χ4v) is 5.36. The van der Waals surface area contributed by atoms with Crippen LogP contribution in [0.5, 0.6) is 5.75 Å². The Labute approximate surface area is 201 Å². The van der Waals surface area contributed by atoms with Crippen molar-refractivity contribution in [3.05, 3.63) is 83.6 Å². The molecule has 2 aromatic carbocycles. The summed E-state index contributed by atoms with van der Waals surface area (Å²) < 4.78 is 33.6. The maximum Gasteiger partial charge on any atom is 0.262 e. The molecule has 4 rings (SSSR count). The third-order valence-corrected chi connectivity index (χ3v) is 7.37. The Morgan fingerprint density at radius 3 is 2.56 bits per heavy atom. The van der Waals surface area contributed by atoms with E-state index in [4.69, 9.17) is 4.74 Å². The smallest absolute Gasteiger partial charge is 0.262 e. The second kappa shape index (κ2) is 10.0. The molecule has 0 bridgehead atoms. The number of aromatic nitrogens is 2. The van der Waals surface area contributed by atoms with Gasteiger partial charge in [-0.2, -0.15) is 0 Å². The van der Waals surface area contributed by atoms with E-state index in [0.717, 1.165) is 10.6 Å². The third kappa shape index (κ3) is 5.59. The zero-order chi connectivity index (χ0) is 24.1. The Balaban J connectivity index is 1.46. The lowest BCUT2D eigenvalue weighted by molar-refractivity contribution is -0.115. The van der Waals surface area contributed by atoms with E-state index in [9.17, 15) is 13.2 Å². The van der Waals surface area contributed by atoms with E-state index in [1.165, 1.54) is 24.5 Å². The van der Waals surface area contributed by atoms with Gasteiger partial charge in [-0.15, -0.1) is 11.3 Å². The second-order valence-electron chi connectivity index (χ2n) is 7.42. The SMILES string of the molecule is COc1ccc(NS(=O)(=O)c2cc(NC(=O)Cc3csc(-c4cccnc4)n3)ccc2C)cc1. The summed E-state index contributed by atoms with van der Waals surface area (Å²) in [7, 11) is -2.33. The predicted molar refractivity (Wildman–Crippen MR) is 133 cm³/mol. The summed E-state index contributed by atoms with van der Waals surface area (Å²) in [5.41, 5.74) is 2.86. The van der Waals surface area contributed by atoms with Crippen molar-refractivity contribution in [3.8, 4) is 16.3 Å². The number of benzene rings is 2. The van der Waals surface area contributed by atoms with Gasteiger partial charge >= 0.3 is 0 Å². The molecule has 0 unspecified atom stereocenters. The van der Waals surface area contributed by atoms with Crippen LogP contribution in [-0.4, -0.2) is 31.4 Å². The van der Waals surface area contributed by atoms with E-state index in [-0.39, 0.29) is 17.2 Å². The lowest BCUT2D eigenvalue weighted by Gasteiger charge is -2.13. The lowest BCUT2D eigenvalue weighted by atomic mass is 10.2. The highest BCUT2D eigenvalue weighted by molar-refractivity contribution is 7.92. The molecule has 0 radical (unpaired) electrons. The summed E-state index contributed by atoms with van der Waals surface area (Å²) >= 11 is 1.44. The average Bonchev–Trinajstić information content (AvgIpc) is 3.29. The number of carbonyl (C=O) groups excluding carboxylic acids is 1. The van der Waals surface area contributed by atoms with Crippen LogP contribution in [0.4, 0.5) is 11.4 Å². The predicted octanol–water partition coefficient (Wildman–Crippen LogP) is 4.50. The number of hydrogen-bond donors (Lipinski definition) is 2. The highest BCUT2D eigenvalue weighted by Gasteiger charge is 2.19. The Morgan fingerprint density at radius 2 is 1.85 bits per heavy atom. The topological polar surface area (TPSA) is 110 Å². The van der Waals surface area contributed by atoms with Crippen molar-refractivity contribution >= 4 is 38.6 Å². The third-order valence-electron chi connectivity index (χ3n) is 4.91. The Kier molecular flexibility index (Phi) is 6.90. The van der Waals surface area contributed by atoms with Gasteiger partial charge < -0.3 is 10.1 Å². The van der Waals surface area contributed by atoms with Crippen molar-refractivity contribution in [1.29, 1.82) is 0 Å². The summed E-state index contributed by atoms with van der Waals surface area (Å²) in [6.07, 6.45) is 3.47. The average molecular weight is 495 g/mol. The number of sulfonamides is 1. The van der Waals surface area contributed by atoms with Gasteiger partial charge in [-0.1, -0.05) is 6.07 Å². The second-order valence-corrected chi connectivity index (χ2v) is 9.93. The number of amides is 1. The van der Waals surface area contributed by atoms with E-state index >= 15 is 0 Å². The molecule has 0 saturated carbocycles. The number of thiazole rings is 1. The van der Waals surface area contributed by atoms with Crippen LogP contribution in [0.2, 0.25) is 0 Å². The van der Waals surface area contributed by atoms with Gasteiger partial charge in [-0.25, -0.2) is 13.4 Å². The summed E-state index contributed by atoms with van der Waals surface area (Å²) in [6, 6.07) is 15.1. The molecule has 8 nitrogen and oxygen atoms in total. The molecule has 0 spiro atoms. The molecule has 174 valence electrons. The minimum absolute atomic E-state index is 0.0663. The first-order valence-corrected chi connectivity index (χ1v) is 12.6. The number of methoxy groups -OCH3 is 1. The molecule has 0 fully saturated rings. The van der Waals surface area contributed by atoms with Gasteiger partial charge in [0.2, 0.25) is 5.91 Å². The first kappa shape index (κ1) is 23.4. The first-order valence-electron chi connectivity index (χ1n) is 10.3. The Bertz CT molecular complexity index is 1400. The molecule has 10 heteroatoms. The monoisotopic (exact) mass is 494 g/mol. The summed E-state index contributed by atoms with van der Waals surface area (Å²) in [5.74, 6) is 0.329. The molecule has 2 heterocycles. The molecule has 0 saturated heterocycles. The van der Waals surface area contributed by atoms with Gasteiger partial charge in [0.15, 0.2) is 0 Å². The molecule has 0 aliphatic carbocycles. The van der Waals surface area contributed by atoms with E-state index in [1.807, 2.05) is 17.5 Å². The van der Waals surface area contributed by atoms with Gasteiger partial charge in [-0.3, -0.25) is 14.5 Å². The van der Waals surface area contributed by atoms with Gasteiger partial charge in [0.1, 0.15) is 10.8 Å². The molecule has 1 amide bonds. The standard InChI is InChI=1S/C24H22N4O4S2/c1-16-5-6-19(12-22(16)34(30,31)28-18-7-9-21(32-2)10-8-18)26-23(29)13-20-15-33-24(27-20)17-4-3-11-25-14-17/h3-12,14-15,28H,13H2,1-2H3,(H,26,29). The number of carbonyl (C=O) groups is 1. The van der Waals surface area contributed by atoms with Gasteiger partial charge in [-0.05, 0) is 61.0 Å². The molecule has 0 aliphatic rings. The number of anilines is 2. The minimum atomic E-state index is -3.87. The van der Waals surface area contributed by atoms with Crippen molar-refractivity contribution in [3.63, 3.8) is 0 Å². The first-order chi connectivity index (χ1) is 16.3. The van der Waals surface area contributed by atoms with E-state index in [1.54, 1.807) is 55.7 Å². The normalized spacial score (nSPS) is 11.1. The van der Waals surface area contributed by atoms with Crippen LogP contribution in [0.3, 0.4) is 0 Å². The fourth-order valence-electron chi connectivity index (χ4n) is 3.22. The molecule has 2 aromatic heterocycles. The van der Waals surface area contributed by atoms with Crippen LogP contribution >= 0.6 is 11.3 Å². The quantitative estimate of drug-likeness (QED) is 0.373. The maximum atomic E-state index is 13.0. The van der Waals surface area contributed by atoms with Crippen molar-refractivity contribution in [1.82, 2.24) is 9.97 Å². The summed E-state index contributed by atoms with van der Waals surface area (Å²) in [4.78, 5) is 21.2. The molecule has 0 atom stereocenters. The fraction of sp³-hybridized carbons (Fsp3) is 0.125. The number of nitrogens with one attached hydrogen (secondary N) is 2. The minimum Gasteiger partial charge on any atom is -0.497 e. The van der Waals surface area contributed by atoms with Crippen LogP contribution in [0.25, 0.3) is 10.6 Å². The van der Waals surface area contributed by atoms with Crippen LogP contribution < -0.4 is 14.8 Å². The van der Waals surface area contributed by atoms with Crippen molar-refractivity contribution in [2.75, 3.05) is 17.1 Å². The highest BCUT2D eigenvalue weighted by atomic mass is 32.2. The highest BCUT2D eigenvalue weighted by Crippen LogP contribution is 2.25. The molecular formula is C24H22N4O4S2. The number of nitrogens with zero attached hydrogens (tertiary/aromatic N) is 2. The van der Waals surface area contributed by atoms with Crippen molar-refractivity contribution in [2.45, 2.75) is 18.2 Å². The lowest BCUT2D eigenvalue weighted by Crippen LogP contribution is -2.17. The zero-order valence-electron chi connectivity index (χ0n) is 18.5. The van der Waals surface area contributed by atoms with Gasteiger partial charge in [0.25, 0.3) is 10.0 Å². The van der Waals surface area contributed by atoms with E-state index in [0.29, 0.717) is 28.4 Å². The Hall–Kier alpha value is -3.76. The maximum absolute atomic E-state index is 13.0.